The van der Waals surface area contributed by atoms with E-state index in [0.29, 0.717) is 0 Å². The van der Waals surface area contributed by atoms with Gasteiger partial charge < -0.3 is 15.1 Å². The van der Waals surface area contributed by atoms with E-state index in [9.17, 15) is 0 Å². The molecule has 0 radical (unpaired) electrons. The lowest BCUT2D eigenvalue weighted by molar-refractivity contribution is 0.204. The lowest BCUT2D eigenvalue weighted by Crippen LogP contribution is -2.44. The zero-order valence-electron chi connectivity index (χ0n) is 14.5. The number of rotatable bonds is 4. The summed E-state index contributed by atoms with van der Waals surface area (Å²) in [5, 5.41) is 3.52. The average molecular weight is 302 g/mol. The highest BCUT2D eigenvalue weighted by Crippen LogP contribution is 2.15. The van der Waals surface area contributed by atoms with Crippen LogP contribution in [0.5, 0.6) is 0 Å². The first-order valence-corrected chi connectivity index (χ1v) is 8.28. The monoisotopic (exact) mass is 302 g/mol. The van der Waals surface area contributed by atoms with Crippen LogP contribution in [0.15, 0.2) is 35.3 Å². The van der Waals surface area contributed by atoms with Gasteiger partial charge in [0.15, 0.2) is 5.96 Å². The molecule has 4 nitrogen and oxygen atoms in total. The molecule has 1 aromatic carbocycles. The molecule has 0 atom stereocenters. The predicted octanol–water partition coefficient (Wildman–Crippen LogP) is 3.28. The number of benzene rings is 1. The Morgan fingerprint density at radius 2 is 1.77 bits per heavy atom. The van der Waals surface area contributed by atoms with Crippen LogP contribution in [0.25, 0.3) is 0 Å². The second kappa shape index (κ2) is 7.63. The number of aliphatic imine (C=N–C) groups is 1. The van der Waals surface area contributed by atoms with Crippen LogP contribution in [-0.4, -0.2) is 55.0 Å². The molecule has 1 aliphatic rings. The van der Waals surface area contributed by atoms with Gasteiger partial charge in [-0.05, 0) is 59.3 Å². The first-order valence-electron chi connectivity index (χ1n) is 8.28. The van der Waals surface area contributed by atoms with Crippen LogP contribution in [0, 0.1) is 0 Å². The van der Waals surface area contributed by atoms with Gasteiger partial charge in [0.25, 0.3) is 0 Å². The second-order valence-corrected chi connectivity index (χ2v) is 6.89. The minimum Gasteiger partial charge on any atom is -0.343 e. The van der Waals surface area contributed by atoms with Gasteiger partial charge in [-0.3, -0.25) is 4.99 Å². The van der Waals surface area contributed by atoms with Gasteiger partial charge in [-0.2, -0.15) is 0 Å². The number of nitrogens with one attached hydrogen (secondary N) is 1. The number of hydrogen-bond donors (Lipinski definition) is 1. The van der Waals surface area contributed by atoms with Crippen molar-refractivity contribution in [3.8, 4) is 0 Å². The summed E-state index contributed by atoms with van der Waals surface area (Å²) in [4.78, 5) is 9.55. The van der Waals surface area contributed by atoms with Gasteiger partial charge in [-0.25, -0.2) is 0 Å². The number of guanidine groups is 1. The molecule has 0 saturated carbocycles. The van der Waals surface area contributed by atoms with Crippen molar-refractivity contribution in [3.63, 3.8) is 0 Å². The van der Waals surface area contributed by atoms with Crippen molar-refractivity contribution in [1.29, 1.82) is 0 Å². The Kier molecular flexibility index (Phi) is 5.83. The fraction of sp³-hybridized carbons (Fsp3) is 0.611. The summed E-state index contributed by atoms with van der Waals surface area (Å²) in [6.45, 7) is 7.44. The molecule has 0 bridgehead atoms. The zero-order valence-corrected chi connectivity index (χ0v) is 14.5. The third kappa shape index (κ3) is 4.73. The van der Waals surface area contributed by atoms with Crippen molar-refractivity contribution in [3.05, 3.63) is 30.3 Å². The second-order valence-electron chi connectivity index (χ2n) is 6.89. The molecule has 1 N–H and O–H groups in total. The van der Waals surface area contributed by atoms with Crippen molar-refractivity contribution < 1.29 is 0 Å². The highest BCUT2D eigenvalue weighted by atomic mass is 15.3. The maximum atomic E-state index is 4.93. The zero-order chi connectivity index (χ0) is 16.0. The molecule has 0 spiro atoms. The van der Waals surface area contributed by atoms with E-state index in [1.165, 1.54) is 19.3 Å². The molecule has 1 saturated heterocycles. The number of hydrogen-bond acceptors (Lipinski definition) is 2. The van der Waals surface area contributed by atoms with Gasteiger partial charge in [-0.1, -0.05) is 18.2 Å². The summed E-state index contributed by atoms with van der Waals surface area (Å²) in [5.74, 6) is 1.01. The minimum atomic E-state index is 0.0550. The Bertz CT molecular complexity index is 473. The lowest BCUT2D eigenvalue weighted by atomic mass is 10.1. The van der Waals surface area contributed by atoms with Crippen molar-refractivity contribution in [2.75, 3.05) is 39.0 Å². The van der Waals surface area contributed by atoms with E-state index in [2.05, 4.69) is 67.3 Å². The summed E-state index contributed by atoms with van der Waals surface area (Å²) in [6, 6.07) is 10.3. The summed E-state index contributed by atoms with van der Waals surface area (Å²) >= 11 is 0. The van der Waals surface area contributed by atoms with Crippen molar-refractivity contribution in [2.45, 2.75) is 38.6 Å². The Labute approximate surface area is 135 Å². The highest BCUT2D eigenvalue weighted by molar-refractivity contribution is 5.93. The van der Waals surface area contributed by atoms with Crippen molar-refractivity contribution in [2.24, 2.45) is 4.99 Å². The fourth-order valence-electron chi connectivity index (χ4n) is 2.38. The van der Waals surface area contributed by atoms with Gasteiger partial charge in [-0.15, -0.1) is 0 Å². The van der Waals surface area contributed by atoms with Crippen LogP contribution >= 0.6 is 0 Å². The first-order chi connectivity index (χ1) is 10.5. The quantitative estimate of drug-likeness (QED) is 0.684. The topological polar surface area (TPSA) is 30.9 Å². The van der Waals surface area contributed by atoms with Gasteiger partial charge in [0.1, 0.15) is 0 Å². The van der Waals surface area contributed by atoms with E-state index < -0.39 is 0 Å². The molecule has 0 unspecified atom stereocenters. The van der Waals surface area contributed by atoms with E-state index in [1.807, 2.05) is 6.07 Å². The largest absolute Gasteiger partial charge is 0.343 e. The molecule has 0 aliphatic carbocycles. The van der Waals surface area contributed by atoms with Gasteiger partial charge in [0.2, 0.25) is 0 Å². The van der Waals surface area contributed by atoms with Crippen LogP contribution in [-0.2, 0) is 0 Å². The molecule has 122 valence electrons. The third-order valence-electron chi connectivity index (χ3n) is 4.51. The molecule has 4 heteroatoms. The lowest BCUT2D eigenvalue weighted by Gasteiger charge is -2.33. The van der Waals surface area contributed by atoms with Gasteiger partial charge in [0, 0.05) is 24.3 Å². The fourth-order valence-corrected chi connectivity index (χ4v) is 2.38. The smallest absolute Gasteiger partial charge is 0.198 e. The number of para-hydroxylation sites is 1. The van der Waals surface area contributed by atoms with E-state index in [4.69, 9.17) is 4.99 Å². The SMILES string of the molecule is CN(C)C(C)(C)CN=C(Nc1ccccc1)N1CCCCC1. The Morgan fingerprint density at radius 1 is 1.14 bits per heavy atom. The van der Waals surface area contributed by atoms with Gasteiger partial charge in [0.05, 0.1) is 6.54 Å². The van der Waals surface area contributed by atoms with Crippen LogP contribution in [0.4, 0.5) is 5.69 Å². The minimum absolute atomic E-state index is 0.0550. The van der Waals surface area contributed by atoms with Crippen molar-refractivity contribution in [1.82, 2.24) is 9.80 Å². The number of nitrogens with zero attached hydrogens (tertiary/aromatic N) is 3. The Hall–Kier alpha value is -1.55. The third-order valence-corrected chi connectivity index (χ3v) is 4.51. The van der Waals surface area contributed by atoms with E-state index in [-0.39, 0.29) is 5.54 Å². The Morgan fingerprint density at radius 3 is 2.36 bits per heavy atom. The van der Waals surface area contributed by atoms with Crippen LogP contribution in [0.1, 0.15) is 33.1 Å². The summed E-state index contributed by atoms with van der Waals surface area (Å²) in [7, 11) is 4.22. The number of piperidine rings is 1. The predicted molar refractivity (Wildman–Crippen MR) is 95.6 cm³/mol. The van der Waals surface area contributed by atoms with E-state index >= 15 is 0 Å². The normalized spacial score (nSPS) is 17.0. The number of anilines is 1. The molecule has 0 aromatic heterocycles. The van der Waals surface area contributed by atoms with E-state index in [1.54, 1.807) is 0 Å². The maximum Gasteiger partial charge on any atom is 0.198 e. The van der Waals surface area contributed by atoms with Gasteiger partial charge >= 0.3 is 0 Å². The van der Waals surface area contributed by atoms with Crippen LogP contribution in [0.2, 0.25) is 0 Å². The molecule has 0 amide bonds. The first kappa shape index (κ1) is 16.8. The van der Waals surface area contributed by atoms with Crippen molar-refractivity contribution >= 4 is 11.6 Å². The molecule has 1 aliphatic heterocycles. The molecule has 1 fully saturated rings. The summed E-state index contributed by atoms with van der Waals surface area (Å²) in [5.41, 5.74) is 1.16. The summed E-state index contributed by atoms with van der Waals surface area (Å²) < 4.78 is 0. The molecule has 2 rings (SSSR count). The van der Waals surface area contributed by atoms with E-state index in [0.717, 1.165) is 31.3 Å². The molecule has 1 aromatic rings. The van der Waals surface area contributed by atoms with Crippen LogP contribution in [0.3, 0.4) is 0 Å². The molecular weight excluding hydrogens is 272 g/mol. The highest BCUT2D eigenvalue weighted by Gasteiger charge is 2.21. The summed E-state index contributed by atoms with van der Waals surface area (Å²) in [6.07, 6.45) is 3.84. The number of likely N-dealkylation sites (tertiary alicyclic amines) is 1. The molecule has 22 heavy (non-hydrogen) atoms. The van der Waals surface area contributed by atoms with Crippen LogP contribution < -0.4 is 5.32 Å². The number of likely N-dealkylation sites (N-methyl/N-ethyl adjacent to an activating group) is 1. The maximum absolute atomic E-state index is 4.93. The standard InChI is InChI=1S/C18H30N4/c1-18(2,21(3)4)15-19-17(22-13-9-6-10-14-22)20-16-11-7-5-8-12-16/h5,7-8,11-12H,6,9-10,13-15H2,1-4H3,(H,19,20). The molecular formula is C18H30N4. The Balaban J connectivity index is 2.13. The average Bonchev–Trinajstić information content (AvgIpc) is 2.53. The molecule has 1 heterocycles.